The van der Waals surface area contributed by atoms with Crippen molar-refractivity contribution in [1.29, 1.82) is 0 Å². The minimum Gasteiger partial charge on any atom is -0.457 e. The van der Waals surface area contributed by atoms with Gasteiger partial charge in [-0.2, -0.15) is 0 Å². The molecule has 35 heavy (non-hydrogen) atoms. The van der Waals surface area contributed by atoms with Crippen LogP contribution in [0.25, 0.3) is 0 Å². The predicted octanol–water partition coefficient (Wildman–Crippen LogP) is 6.20. The van der Waals surface area contributed by atoms with Crippen LogP contribution in [0.2, 0.25) is 0 Å². The van der Waals surface area contributed by atoms with E-state index in [0.29, 0.717) is 12.8 Å². The lowest BCUT2D eigenvalue weighted by molar-refractivity contribution is -0.158. The zero-order valence-electron chi connectivity index (χ0n) is 21.1. The summed E-state index contributed by atoms with van der Waals surface area (Å²) in [6, 6.07) is 0. The number of hydrogen-bond donors (Lipinski definition) is 0. The molecule has 4 nitrogen and oxygen atoms in total. The van der Waals surface area contributed by atoms with E-state index in [4.69, 9.17) is 39.5 Å². The lowest BCUT2D eigenvalue weighted by atomic mass is 9.46. The van der Waals surface area contributed by atoms with Gasteiger partial charge in [0, 0.05) is 22.1 Å². The molecule has 3 saturated carbocycles. The van der Waals surface area contributed by atoms with Crippen LogP contribution < -0.4 is 0 Å². The molecule has 0 N–H and O–H groups in total. The molecule has 194 valence electrons. The molecule has 0 amide bonds. The fourth-order valence-electron chi connectivity index (χ4n) is 7.44. The number of halogens is 4. The number of ketones is 2. The number of allylic oxidation sites excluding steroid dienone is 4. The number of rotatable bonds is 3. The van der Waals surface area contributed by atoms with Gasteiger partial charge in [0.2, 0.25) is 0 Å². The number of carbonyl (C=O) groups is 3. The molecule has 4 rings (SSSR count). The summed E-state index contributed by atoms with van der Waals surface area (Å²) in [6.07, 6.45) is 4.11. The third-order valence-corrected chi connectivity index (χ3v) is 11.8. The molecule has 0 saturated heterocycles. The molecular formula is C27H34Cl3FO4. The van der Waals surface area contributed by atoms with Crippen molar-refractivity contribution in [2.75, 3.05) is 6.61 Å². The van der Waals surface area contributed by atoms with Crippen LogP contribution in [0.15, 0.2) is 23.8 Å². The van der Waals surface area contributed by atoms with E-state index in [1.54, 1.807) is 26.8 Å². The zero-order valence-corrected chi connectivity index (χ0v) is 23.4. The molecule has 8 heteroatoms. The van der Waals surface area contributed by atoms with E-state index in [9.17, 15) is 14.4 Å². The summed E-state index contributed by atoms with van der Waals surface area (Å²) in [4.78, 5) is 35.2. The SMILES string of the molecule is C[C@@H]1C[C@H]2[C@@H]3[C@H](Cl)CC4=CC(=O)C=C[C@]4(C)[C@@]3(Cl)[C@@H](F)C[C@]2(C)[C@@]1(Cl)C(=O)COC(=O)C(C)(C)C. The number of carbonyl (C=O) groups excluding carboxylic acids is 3. The van der Waals surface area contributed by atoms with Gasteiger partial charge in [-0.05, 0) is 64.0 Å². The van der Waals surface area contributed by atoms with Gasteiger partial charge in [-0.15, -0.1) is 34.8 Å². The molecule has 4 aliphatic carbocycles. The summed E-state index contributed by atoms with van der Waals surface area (Å²) in [7, 11) is 0. The molecule has 0 unspecified atom stereocenters. The van der Waals surface area contributed by atoms with E-state index in [0.717, 1.165) is 5.57 Å². The van der Waals surface area contributed by atoms with Crippen molar-refractivity contribution < 1.29 is 23.5 Å². The van der Waals surface area contributed by atoms with Crippen LogP contribution in [0.1, 0.15) is 60.8 Å². The summed E-state index contributed by atoms with van der Waals surface area (Å²) in [5, 5.41) is -0.519. The second-order valence-corrected chi connectivity index (χ2v) is 14.2. The fraction of sp³-hybridized carbons (Fsp3) is 0.741. The average Bonchev–Trinajstić information content (AvgIpc) is 2.94. The highest BCUT2D eigenvalue weighted by Crippen LogP contribution is 2.73. The van der Waals surface area contributed by atoms with Gasteiger partial charge >= 0.3 is 5.97 Å². The summed E-state index contributed by atoms with van der Waals surface area (Å²) in [6.45, 7) is 10.3. The van der Waals surface area contributed by atoms with Crippen molar-refractivity contribution in [3.05, 3.63) is 23.8 Å². The molecule has 0 radical (unpaired) electrons. The Bertz CT molecular complexity index is 1030. The first-order valence-corrected chi connectivity index (χ1v) is 13.4. The van der Waals surface area contributed by atoms with Crippen molar-refractivity contribution in [1.82, 2.24) is 0 Å². The molecule has 4 aliphatic rings. The van der Waals surface area contributed by atoms with E-state index in [2.05, 4.69) is 0 Å². The summed E-state index contributed by atoms with van der Waals surface area (Å²) in [5.41, 5.74) is -1.84. The van der Waals surface area contributed by atoms with Gasteiger partial charge in [0.25, 0.3) is 0 Å². The van der Waals surface area contributed by atoms with Gasteiger partial charge in [-0.3, -0.25) is 14.4 Å². The second kappa shape index (κ2) is 8.30. The lowest BCUT2D eigenvalue weighted by Crippen LogP contribution is -2.69. The van der Waals surface area contributed by atoms with Crippen molar-refractivity contribution >= 4 is 52.3 Å². The summed E-state index contributed by atoms with van der Waals surface area (Å²) >= 11 is 21.5. The van der Waals surface area contributed by atoms with E-state index >= 15 is 4.39 Å². The molecular weight excluding hydrogens is 514 g/mol. The van der Waals surface area contributed by atoms with E-state index in [1.165, 1.54) is 12.2 Å². The van der Waals surface area contributed by atoms with E-state index in [1.807, 2.05) is 20.8 Å². The third-order valence-electron chi connectivity index (χ3n) is 9.43. The number of esters is 1. The van der Waals surface area contributed by atoms with E-state index in [-0.39, 0.29) is 24.0 Å². The monoisotopic (exact) mass is 546 g/mol. The number of alkyl halides is 4. The van der Waals surface area contributed by atoms with Crippen LogP contribution in [0.5, 0.6) is 0 Å². The van der Waals surface area contributed by atoms with Crippen LogP contribution in [0.4, 0.5) is 4.39 Å². The second-order valence-electron chi connectivity index (χ2n) is 12.4. The minimum absolute atomic E-state index is 0.0290. The van der Waals surface area contributed by atoms with Gasteiger partial charge in [-0.25, -0.2) is 4.39 Å². The van der Waals surface area contributed by atoms with Gasteiger partial charge in [0.05, 0.1) is 10.3 Å². The Morgan fingerprint density at radius 2 is 1.86 bits per heavy atom. The lowest BCUT2D eigenvalue weighted by Gasteiger charge is -2.64. The van der Waals surface area contributed by atoms with E-state index < -0.39 is 61.8 Å². The van der Waals surface area contributed by atoms with Crippen molar-refractivity contribution in [2.45, 2.75) is 82.1 Å². The molecule has 9 atom stereocenters. The Kier molecular flexibility index (Phi) is 6.43. The van der Waals surface area contributed by atoms with Crippen LogP contribution in [-0.4, -0.2) is 45.4 Å². The summed E-state index contributed by atoms with van der Waals surface area (Å²) < 4.78 is 21.8. The zero-order chi connectivity index (χ0) is 26.4. The first-order valence-electron chi connectivity index (χ1n) is 12.2. The maximum absolute atomic E-state index is 16.5. The first-order chi connectivity index (χ1) is 15.9. The Balaban J connectivity index is 1.73. The standard InChI is InChI=1S/C27H34Cl3FO4/c1-14-9-17-21-18(28)11-15-10-16(32)7-8-24(15,5)27(21,30)19(31)12-25(17,6)26(14,29)20(33)13-35-22(34)23(2,3)4/h7-8,10,14,17-19,21H,9,11-13H2,1-6H3/t14-,17+,18-,19+,21-,24+,25+,26+,27-/m1/s1. The number of ether oxygens (including phenoxy) is 1. The van der Waals surface area contributed by atoms with Crippen LogP contribution in [0, 0.1) is 34.0 Å². The van der Waals surface area contributed by atoms with Crippen LogP contribution in [-0.2, 0) is 19.1 Å². The molecule has 0 aliphatic heterocycles. The Hall–Kier alpha value is -0.910. The van der Waals surface area contributed by atoms with Crippen molar-refractivity contribution in [3.63, 3.8) is 0 Å². The van der Waals surface area contributed by atoms with Gasteiger partial charge < -0.3 is 4.74 Å². The van der Waals surface area contributed by atoms with Gasteiger partial charge in [-0.1, -0.05) is 32.4 Å². The van der Waals surface area contributed by atoms with Crippen LogP contribution in [0.3, 0.4) is 0 Å². The maximum atomic E-state index is 16.5. The Morgan fingerprint density at radius 1 is 1.23 bits per heavy atom. The quantitative estimate of drug-likeness (QED) is 0.312. The van der Waals surface area contributed by atoms with Gasteiger partial charge in [0.1, 0.15) is 11.0 Å². The summed E-state index contributed by atoms with van der Waals surface area (Å²) in [5.74, 6) is -2.07. The fourth-order valence-corrected chi connectivity index (χ4v) is 8.97. The highest BCUT2D eigenvalue weighted by atomic mass is 35.5. The average molecular weight is 548 g/mol. The minimum atomic E-state index is -1.53. The molecule has 0 aromatic heterocycles. The smallest absolute Gasteiger partial charge is 0.311 e. The molecule has 0 bridgehead atoms. The molecule has 0 spiro atoms. The molecule has 3 fully saturated rings. The first kappa shape index (κ1) is 27.1. The Labute approximate surface area is 221 Å². The number of hydrogen-bond acceptors (Lipinski definition) is 4. The maximum Gasteiger partial charge on any atom is 0.311 e. The highest BCUT2D eigenvalue weighted by Gasteiger charge is 2.76. The van der Waals surface area contributed by atoms with Crippen LogP contribution >= 0.6 is 34.8 Å². The third kappa shape index (κ3) is 3.54. The largest absolute Gasteiger partial charge is 0.457 e. The van der Waals surface area contributed by atoms with Gasteiger partial charge in [0.15, 0.2) is 18.2 Å². The molecule has 0 aromatic rings. The number of Topliss-reactive ketones (excluding diaryl/α,β-unsaturated/α-hetero) is 1. The topological polar surface area (TPSA) is 60.4 Å². The van der Waals surface area contributed by atoms with Crippen molar-refractivity contribution in [3.8, 4) is 0 Å². The number of fused-ring (bicyclic) bond motifs is 5. The predicted molar refractivity (Wildman–Crippen MR) is 136 cm³/mol. The Morgan fingerprint density at radius 3 is 2.46 bits per heavy atom. The molecule has 0 aromatic carbocycles. The van der Waals surface area contributed by atoms with Crippen molar-refractivity contribution in [2.24, 2.45) is 34.0 Å². The normalized spacial score (nSPS) is 46.9. The highest BCUT2D eigenvalue weighted by molar-refractivity contribution is 6.37. The molecule has 0 heterocycles.